The van der Waals surface area contributed by atoms with Gasteiger partial charge in [-0.25, -0.2) is 0 Å². The van der Waals surface area contributed by atoms with Gasteiger partial charge in [0.05, 0.1) is 19.7 Å². The minimum absolute atomic E-state index is 0.104. The smallest absolute Gasteiger partial charge is 0.162 e. The Morgan fingerprint density at radius 1 is 1.00 bits per heavy atom. The molecule has 152 valence electrons. The molecule has 1 saturated heterocycles. The Morgan fingerprint density at radius 3 is 2.29 bits per heavy atom. The second kappa shape index (κ2) is 6.80. The molecule has 2 N–H and O–H groups in total. The number of benzene rings is 1. The van der Waals surface area contributed by atoms with E-state index in [4.69, 9.17) is 14.5 Å². The number of hydrogen-bond donors (Lipinski definition) is 2. The molecule has 1 aliphatic carbocycles. The molecule has 0 bridgehead atoms. The highest BCUT2D eigenvalue weighted by Gasteiger charge is 2.38. The van der Waals surface area contributed by atoms with E-state index in [2.05, 4.69) is 44.4 Å². The minimum atomic E-state index is 0.104. The molecule has 4 rings (SSSR count). The molecule has 28 heavy (non-hydrogen) atoms. The van der Waals surface area contributed by atoms with Crippen LogP contribution in [0.4, 0.5) is 5.69 Å². The first kappa shape index (κ1) is 19.3. The number of pyridine rings is 1. The molecule has 5 nitrogen and oxygen atoms in total. The van der Waals surface area contributed by atoms with Crippen LogP contribution >= 0.6 is 0 Å². The first-order valence-electron chi connectivity index (χ1n) is 10.3. The second-order valence-corrected chi connectivity index (χ2v) is 9.63. The lowest BCUT2D eigenvalue weighted by Crippen LogP contribution is -2.60. The Kier molecular flexibility index (Phi) is 4.69. The molecule has 1 aromatic carbocycles. The van der Waals surface area contributed by atoms with Crippen LogP contribution in [0, 0.1) is 0 Å². The maximum absolute atomic E-state index is 5.58. The Hall–Kier alpha value is -2.01. The minimum Gasteiger partial charge on any atom is -0.493 e. The normalized spacial score (nSPS) is 20.8. The number of hydrogen-bond acceptors (Lipinski definition) is 5. The topological polar surface area (TPSA) is 55.4 Å². The fraction of sp³-hybridized carbons (Fsp3) is 0.609. The van der Waals surface area contributed by atoms with Crippen LogP contribution in [0.25, 0.3) is 10.9 Å². The fourth-order valence-corrected chi connectivity index (χ4v) is 5.38. The van der Waals surface area contributed by atoms with E-state index in [1.807, 2.05) is 6.07 Å². The van der Waals surface area contributed by atoms with Gasteiger partial charge in [-0.2, -0.15) is 0 Å². The van der Waals surface area contributed by atoms with Crippen LogP contribution in [0.1, 0.15) is 58.2 Å². The highest BCUT2D eigenvalue weighted by atomic mass is 16.5. The van der Waals surface area contributed by atoms with Gasteiger partial charge in [-0.3, -0.25) is 4.98 Å². The molecule has 0 unspecified atom stereocenters. The van der Waals surface area contributed by atoms with E-state index >= 15 is 0 Å². The fourth-order valence-electron chi connectivity index (χ4n) is 5.38. The molecule has 1 aliphatic heterocycles. The summed E-state index contributed by atoms with van der Waals surface area (Å²) in [5.74, 6) is 1.49. The van der Waals surface area contributed by atoms with Crippen LogP contribution in [0.5, 0.6) is 11.5 Å². The van der Waals surface area contributed by atoms with Crippen molar-refractivity contribution in [3.63, 3.8) is 0 Å². The van der Waals surface area contributed by atoms with Crippen molar-refractivity contribution >= 4 is 16.6 Å². The molecule has 2 aromatic rings. The van der Waals surface area contributed by atoms with Gasteiger partial charge in [0, 0.05) is 40.0 Å². The summed E-state index contributed by atoms with van der Waals surface area (Å²) in [4.78, 5) is 4.96. The highest BCUT2D eigenvalue weighted by molar-refractivity contribution is 5.96. The molecular formula is C23H33N3O2. The van der Waals surface area contributed by atoms with E-state index in [0.717, 1.165) is 48.1 Å². The molecular weight excluding hydrogens is 350 g/mol. The molecule has 0 amide bonds. The molecule has 0 radical (unpaired) electrons. The molecule has 2 heterocycles. The van der Waals surface area contributed by atoms with Gasteiger partial charge in [-0.15, -0.1) is 0 Å². The molecule has 0 spiro atoms. The summed E-state index contributed by atoms with van der Waals surface area (Å²) in [6.45, 7) is 9.19. The zero-order chi connectivity index (χ0) is 20.1. The molecule has 5 heteroatoms. The average molecular weight is 384 g/mol. The number of aromatic nitrogens is 1. The van der Waals surface area contributed by atoms with Crippen molar-refractivity contribution in [3.05, 3.63) is 23.4 Å². The summed E-state index contributed by atoms with van der Waals surface area (Å²) in [6, 6.07) is 4.50. The number of nitrogens with zero attached hydrogens (tertiary/aromatic N) is 1. The van der Waals surface area contributed by atoms with E-state index in [0.29, 0.717) is 6.04 Å². The number of fused-ring (bicyclic) bond motifs is 2. The third kappa shape index (κ3) is 3.52. The largest absolute Gasteiger partial charge is 0.493 e. The molecule has 0 saturated carbocycles. The Balaban J connectivity index is 1.81. The predicted molar refractivity (Wildman–Crippen MR) is 115 cm³/mol. The summed E-state index contributed by atoms with van der Waals surface area (Å²) in [5.41, 5.74) is 5.05. The summed E-state index contributed by atoms with van der Waals surface area (Å²) in [7, 11) is 3.37. The summed E-state index contributed by atoms with van der Waals surface area (Å²) >= 11 is 0. The van der Waals surface area contributed by atoms with E-state index in [1.54, 1.807) is 14.2 Å². The van der Waals surface area contributed by atoms with Crippen molar-refractivity contribution in [2.45, 2.75) is 76.9 Å². The van der Waals surface area contributed by atoms with Crippen LogP contribution in [0.2, 0.25) is 0 Å². The standard InChI is InChI=1S/C23H33N3O2/c1-22(2)12-14(13-23(3,4)26-22)24-21-15-8-7-9-17(15)25-18-11-20(28-6)19(27-5)10-16(18)21/h10-11,14,26H,7-9,12-13H2,1-6H3,(H,24,25). The first-order valence-corrected chi connectivity index (χ1v) is 10.3. The van der Waals surface area contributed by atoms with E-state index < -0.39 is 0 Å². The van der Waals surface area contributed by atoms with Crippen LogP contribution in [-0.2, 0) is 12.8 Å². The van der Waals surface area contributed by atoms with Crippen LogP contribution in [0.15, 0.2) is 12.1 Å². The number of aryl methyl sites for hydroxylation is 1. The van der Waals surface area contributed by atoms with E-state index in [-0.39, 0.29) is 11.1 Å². The number of anilines is 1. The van der Waals surface area contributed by atoms with Gasteiger partial charge in [-0.1, -0.05) is 0 Å². The average Bonchev–Trinajstić information content (AvgIpc) is 3.06. The van der Waals surface area contributed by atoms with Crippen LogP contribution in [-0.4, -0.2) is 36.3 Å². The van der Waals surface area contributed by atoms with Gasteiger partial charge in [0.25, 0.3) is 0 Å². The zero-order valence-corrected chi connectivity index (χ0v) is 18.0. The van der Waals surface area contributed by atoms with Gasteiger partial charge >= 0.3 is 0 Å². The Morgan fingerprint density at radius 2 is 1.64 bits per heavy atom. The predicted octanol–water partition coefficient (Wildman–Crippen LogP) is 4.46. The number of methoxy groups -OCH3 is 2. The maximum Gasteiger partial charge on any atom is 0.162 e. The van der Waals surface area contributed by atoms with Gasteiger partial charge < -0.3 is 20.1 Å². The number of piperidine rings is 1. The Bertz CT molecular complexity index is 889. The van der Waals surface area contributed by atoms with Gasteiger partial charge in [0.15, 0.2) is 11.5 Å². The number of rotatable bonds is 4. The van der Waals surface area contributed by atoms with Crippen molar-refractivity contribution in [1.82, 2.24) is 10.3 Å². The van der Waals surface area contributed by atoms with Crippen molar-refractivity contribution in [1.29, 1.82) is 0 Å². The Labute approximate surface area is 168 Å². The van der Waals surface area contributed by atoms with Crippen molar-refractivity contribution in [2.24, 2.45) is 0 Å². The van der Waals surface area contributed by atoms with E-state index in [9.17, 15) is 0 Å². The lowest BCUT2D eigenvalue weighted by atomic mass is 9.79. The molecule has 0 atom stereocenters. The van der Waals surface area contributed by atoms with E-state index in [1.165, 1.54) is 23.4 Å². The highest BCUT2D eigenvalue weighted by Crippen LogP contribution is 2.41. The lowest BCUT2D eigenvalue weighted by molar-refractivity contribution is 0.170. The van der Waals surface area contributed by atoms with Crippen molar-refractivity contribution < 1.29 is 9.47 Å². The number of nitrogens with one attached hydrogen (secondary N) is 2. The number of ether oxygens (including phenoxy) is 2. The SMILES string of the molecule is COc1cc2nc3c(c(NC4CC(C)(C)NC(C)(C)C4)c2cc1OC)CCC3. The molecule has 1 aromatic heterocycles. The van der Waals surface area contributed by atoms with Crippen LogP contribution in [0.3, 0.4) is 0 Å². The summed E-state index contributed by atoms with van der Waals surface area (Å²) < 4.78 is 11.1. The van der Waals surface area contributed by atoms with Crippen molar-refractivity contribution in [3.8, 4) is 11.5 Å². The second-order valence-electron chi connectivity index (χ2n) is 9.63. The quantitative estimate of drug-likeness (QED) is 0.816. The monoisotopic (exact) mass is 383 g/mol. The summed E-state index contributed by atoms with van der Waals surface area (Å²) in [6.07, 6.45) is 5.49. The maximum atomic E-state index is 5.58. The third-order valence-corrected chi connectivity index (χ3v) is 6.06. The molecule has 2 aliphatic rings. The summed E-state index contributed by atoms with van der Waals surface area (Å²) in [5, 5.41) is 8.86. The zero-order valence-electron chi connectivity index (χ0n) is 18.0. The van der Waals surface area contributed by atoms with Gasteiger partial charge in [0.1, 0.15) is 0 Å². The van der Waals surface area contributed by atoms with Crippen LogP contribution < -0.4 is 20.1 Å². The first-order chi connectivity index (χ1) is 13.2. The lowest BCUT2D eigenvalue weighted by Gasteiger charge is -2.47. The van der Waals surface area contributed by atoms with Crippen molar-refractivity contribution in [2.75, 3.05) is 19.5 Å². The molecule has 1 fully saturated rings. The van der Waals surface area contributed by atoms with Gasteiger partial charge in [-0.05, 0) is 71.4 Å². The van der Waals surface area contributed by atoms with Gasteiger partial charge in [0.2, 0.25) is 0 Å². The third-order valence-electron chi connectivity index (χ3n) is 6.06.